The van der Waals surface area contributed by atoms with E-state index in [2.05, 4.69) is 10.3 Å². The molecule has 0 saturated carbocycles. The van der Waals surface area contributed by atoms with Crippen molar-refractivity contribution in [3.8, 4) is 0 Å². The minimum atomic E-state index is -0.643. The number of ether oxygens (including phenoxy) is 2. The number of hydrogen-bond donors (Lipinski definition) is 4. The van der Waals surface area contributed by atoms with E-state index in [1.54, 1.807) is 0 Å². The third kappa shape index (κ3) is 5.49. The van der Waals surface area contributed by atoms with Crippen LogP contribution in [0, 0.1) is 0 Å². The molecule has 1 aromatic rings. The molecule has 10 nitrogen and oxygen atoms in total. The molecule has 2 rings (SSSR count). The summed E-state index contributed by atoms with van der Waals surface area (Å²) in [7, 11) is 1.84. The Morgan fingerprint density at radius 3 is 3.08 bits per heavy atom. The molecule has 3 atom stereocenters. The Bertz CT molecular complexity index is 623. The molecule has 0 bridgehead atoms. The van der Waals surface area contributed by atoms with Crippen molar-refractivity contribution in [1.82, 2.24) is 14.9 Å². The lowest BCUT2D eigenvalue weighted by Gasteiger charge is -2.17. The first kappa shape index (κ1) is 19.3. The maximum atomic E-state index is 11.9. The van der Waals surface area contributed by atoms with Crippen molar-refractivity contribution in [3.05, 3.63) is 22.7 Å². The molecule has 1 fully saturated rings. The Labute approximate surface area is 145 Å². The predicted molar refractivity (Wildman–Crippen MR) is 89.1 cm³/mol. The minimum Gasteiger partial charge on any atom is -0.462 e. The molecular formula is C15H25N5O5. The van der Waals surface area contributed by atoms with Gasteiger partial charge < -0.3 is 20.5 Å². The molecule has 0 radical (unpaired) electrons. The highest BCUT2D eigenvalue weighted by molar-refractivity contribution is 5.75. The van der Waals surface area contributed by atoms with Gasteiger partial charge >= 0.3 is 11.7 Å². The number of anilines is 1. The van der Waals surface area contributed by atoms with E-state index in [9.17, 15) is 9.59 Å². The molecule has 0 aliphatic carbocycles. The van der Waals surface area contributed by atoms with E-state index < -0.39 is 23.9 Å². The van der Waals surface area contributed by atoms with E-state index in [1.165, 1.54) is 16.8 Å². The molecule has 1 aromatic heterocycles. The van der Waals surface area contributed by atoms with Gasteiger partial charge in [-0.15, -0.1) is 0 Å². The number of hydrogen-bond acceptors (Lipinski definition) is 9. The van der Waals surface area contributed by atoms with Crippen LogP contribution < -0.4 is 22.2 Å². The molecule has 0 amide bonds. The molecule has 5 N–H and O–H groups in total. The van der Waals surface area contributed by atoms with Gasteiger partial charge in [0.05, 0.1) is 6.10 Å². The van der Waals surface area contributed by atoms with Crippen molar-refractivity contribution >= 4 is 11.8 Å². The molecule has 2 heterocycles. The fourth-order valence-corrected chi connectivity index (χ4v) is 2.61. The lowest BCUT2D eigenvalue weighted by Crippen LogP contribution is -2.34. The highest BCUT2D eigenvalue weighted by atomic mass is 16.6. The summed E-state index contributed by atoms with van der Waals surface area (Å²) in [4.78, 5) is 27.4. The topological polar surface area (TPSA) is 141 Å². The first-order valence-corrected chi connectivity index (χ1v) is 8.26. The zero-order chi connectivity index (χ0) is 18.2. The SMILES string of the molecule is CNCCCC(N)C(=O)OCC1CCC(n2ccc(NO)nc2=O)O1. The minimum absolute atomic E-state index is 0.0667. The average molecular weight is 355 g/mol. The second kappa shape index (κ2) is 9.47. The molecule has 0 spiro atoms. The molecule has 25 heavy (non-hydrogen) atoms. The lowest BCUT2D eigenvalue weighted by atomic mass is 10.1. The zero-order valence-corrected chi connectivity index (χ0v) is 14.2. The standard InChI is InChI=1S/C15H25N5O5/c1-17-7-2-3-11(16)14(21)24-9-10-4-5-13(25-10)20-8-6-12(19-23)18-15(20)22/h6,8,10-11,13,17,23H,2-5,7,9,16H2,1H3,(H,18,19,22). The molecule has 1 aliphatic heterocycles. The summed E-state index contributed by atoms with van der Waals surface area (Å²) < 4.78 is 12.3. The van der Waals surface area contributed by atoms with Crippen LogP contribution in [-0.2, 0) is 14.3 Å². The number of esters is 1. The van der Waals surface area contributed by atoms with E-state index in [-0.39, 0.29) is 18.5 Å². The van der Waals surface area contributed by atoms with E-state index in [4.69, 9.17) is 20.4 Å². The van der Waals surface area contributed by atoms with E-state index in [0.717, 1.165) is 13.0 Å². The van der Waals surface area contributed by atoms with E-state index >= 15 is 0 Å². The average Bonchev–Trinajstić information content (AvgIpc) is 3.08. The van der Waals surface area contributed by atoms with Crippen molar-refractivity contribution in [1.29, 1.82) is 0 Å². The van der Waals surface area contributed by atoms with Crippen LogP contribution in [0.5, 0.6) is 0 Å². The second-order valence-electron chi connectivity index (χ2n) is 5.89. The molecule has 1 saturated heterocycles. The van der Waals surface area contributed by atoms with Crippen LogP contribution in [0.2, 0.25) is 0 Å². The van der Waals surface area contributed by atoms with E-state index in [0.29, 0.717) is 19.3 Å². The van der Waals surface area contributed by atoms with Gasteiger partial charge in [0.1, 0.15) is 18.9 Å². The summed E-state index contributed by atoms with van der Waals surface area (Å²) in [6.07, 6.45) is 3.33. The number of nitrogens with zero attached hydrogens (tertiary/aromatic N) is 2. The quantitative estimate of drug-likeness (QED) is 0.264. The van der Waals surface area contributed by atoms with Gasteiger partial charge in [0, 0.05) is 6.20 Å². The number of carbonyl (C=O) groups is 1. The first-order chi connectivity index (χ1) is 12.0. The maximum absolute atomic E-state index is 11.9. The van der Waals surface area contributed by atoms with Crippen LogP contribution in [0.3, 0.4) is 0 Å². The Kier molecular flexibility index (Phi) is 7.31. The van der Waals surface area contributed by atoms with Gasteiger partial charge in [-0.2, -0.15) is 4.98 Å². The van der Waals surface area contributed by atoms with Crippen molar-refractivity contribution < 1.29 is 19.5 Å². The van der Waals surface area contributed by atoms with Crippen LogP contribution >= 0.6 is 0 Å². The summed E-state index contributed by atoms with van der Waals surface area (Å²) in [6, 6.07) is 0.818. The Morgan fingerprint density at radius 2 is 2.40 bits per heavy atom. The largest absolute Gasteiger partial charge is 0.462 e. The summed E-state index contributed by atoms with van der Waals surface area (Å²) in [6.45, 7) is 0.898. The smallest absolute Gasteiger partial charge is 0.351 e. The Balaban J connectivity index is 1.79. The van der Waals surface area contributed by atoms with Gasteiger partial charge in [0.25, 0.3) is 0 Å². The van der Waals surface area contributed by atoms with Crippen LogP contribution in [0.4, 0.5) is 5.82 Å². The maximum Gasteiger partial charge on any atom is 0.351 e. The monoisotopic (exact) mass is 355 g/mol. The van der Waals surface area contributed by atoms with Gasteiger partial charge in [-0.3, -0.25) is 20.0 Å². The number of rotatable bonds is 9. The Morgan fingerprint density at radius 1 is 1.60 bits per heavy atom. The Hall–Kier alpha value is -2.01. The number of nitrogens with one attached hydrogen (secondary N) is 2. The van der Waals surface area contributed by atoms with Crippen molar-refractivity contribution in [2.75, 3.05) is 25.7 Å². The fourth-order valence-electron chi connectivity index (χ4n) is 2.61. The molecular weight excluding hydrogens is 330 g/mol. The molecule has 1 aliphatic rings. The van der Waals surface area contributed by atoms with Gasteiger partial charge in [-0.05, 0) is 45.3 Å². The third-order valence-corrected chi connectivity index (χ3v) is 4.00. The lowest BCUT2D eigenvalue weighted by molar-refractivity contribution is -0.150. The van der Waals surface area contributed by atoms with Crippen molar-refractivity contribution in [3.63, 3.8) is 0 Å². The van der Waals surface area contributed by atoms with Crippen LogP contribution in [0.25, 0.3) is 0 Å². The highest BCUT2D eigenvalue weighted by Gasteiger charge is 2.29. The molecule has 3 unspecified atom stereocenters. The van der Waals surface area contributed by atoms with Crippen LogP contribution in [0.1, 0.15) is 31.9 Å². The number of aromatic nitrogens is 2. The molecule has 140 valence electrons. The highest BCUT2D eigenvalue weighted by Crippen LogP contribution is 2.27. The van der Waals surface area contributed by atoms with Gasteiger partial charge in [0.2, 0.25) is 0 Å². The normalized spacial score (nSPS) is 21.1. The fraction of sp³-hybridized carbons (Fsp3) is 0.667. The number of carbonyl (C=O) groups excluding carboxylic acids is 1. The summed E-state index contributed by atoms with van der Waals surface area (Å²) in [5.41, 5.74) is 7.07. The van der Waals surface area contributed by atoms with E-state index in [1.807, 2.05) is 12.5 Å². The molecule has 0 aromatic carbocycles. The summed E-state index contributed by atoms with van der Waals surface area (Å²) in [5.74, 6) is -0.377. The zero-order valence-electron chi connectivity index (χ0n) is 14.2. The van der Waals surface area contributed by atoms with Crippen LogP contribution in [-0.4, -0.2) is 53.1 Å². The van der Waals surface area contributed by atoms with Crippen molar-refractivity contribution in [2.45, 2.75) is 44.1 Å². The van der Waals surface area contributed by atoms with Gasteiger partial charge in [-0.25, -0.2) is 4.79 Å². The van der Waals surface area contributed by atoms with Crippen LogP contribution in [0.15, 0.2) is 17.1 Å². The molecule has 10 heteroatoms. The summed E-state index contributed by atoms with van der Waals surface area (Å²) >= 11 is 0. The van der Waals surface area contributed by atoms with Gasteiger partial charge in [-0.1, -0.05) is 0 Å². The third-order valence-electron chi connectivity index (χ3n) is 4.00. The predicted octanol–water partition coefficient (Wildman–Crippen LogP) is -0.408. The first-order valence-electron chi connectivity index (χ1n) is 8.26. The van der Waals surface area contributed by atoms with Crippen molar-refractivity contribution in [2.24, 2.45) is 5.73 Å². The number of nitrogens with two attached hydrogens (primary N) is 1. The second-order valence-corrected chi connectivity index (χ2v) is 5.89. The van der Waals surface area contributed by atoms with Gasteiger partial charge in [0.15, 0.2) is 5.82 Å². The summed E-state index contributed by atoms with van der Waals surface area (Å²) in [5, 5.41) is 11.7.